The quantitative estimate of drug-likeness (QED) is 0.709. The van der Waals surface area contributed by atoms with Crippen LogP contribution in [0.25, 0.3) is 11.0 Å². The van der Waals surface area contributed by atoms with Gasteiger partial charge in [0.2, 0.25) is 0 Å². The van der Waals surface area contributed by atoms with E-state index in [9.17, 15) is 4.79 Å². The van der Waals surface area contributed by atoms with Gasteiger partial charge < -0.3 is 4.98 Å². The molecule has 2 heterocycles. The molecule has 6 heteroatoms. The Morgan fingerprint density at radius 3 is 3.00 bits per heavy atom. The fourth-order valence-electron chi connectivity index (χ4n) is 1.47. The summed E-state index contributed by atoms with van der Waals surface area (Å²) in [6, 6.07) is 0. The maximum Gasteiger partial charge on any atom is 0.280 e. The van der Waals surface area contributed by atoms with Gasteiger partial charge in [0.15, 0.2) is 4.77 Å². The largest absolute Gasteiger partial charge is 0.329 e. The second-order valence-corrected chi connectivity index (χ2v) is 3.40. The number of rotatable bonds is 1. The number of hydrogen-bond acceptors (Lipinski definition) is 3. The number of hydrogen-bond donors (Lipinski definition) is 1. The summed E-state index contributed by atoms with van der Waals surface area (Å²) in [5.41, 5.74) is 1.15. The Morgan fingerprint density at radius 1 is 1.64 bits per heavy atom. The molecule has 0 saturated heterocycles. The van der Waals surface area contributed by atoms with Gasteiger partial charge in [-0.15, -0.1) is 0 Å². The molecule has 0 aliphatic heterocycles. The van der Waals surface area contributed by atoms with E-state index in [0.29, 0.717) is 22.3 Å². The van der Waals surface area contributed by atoms with Crippen molar-refractivity contribution in [3.8, 4) is 0 Å². The molecule has 14 heavy (non-hydrogen) atoms. The minimum atomic E-state index is -0.0914. The molecule has 0 radical (unpaired) electrons. The lowest BCUT2D eigenvalue weighted by Gasteiger charge is -2.02. The van der Waals surface area contributed by atoms with Gasteiger partial charge in [0.1, 0.15) is 5.52 Å². The van der Waals surface area contributed by atoms with Crippen molar-refractivity contribution >= 4 is 23.3 Å². The van der Waals surface area contributed by atoms with E-state index < -0.39 is 0 Å². The molecule has 5 nitrogen and oxygen atoms in total. The smallest absolute Gasteiger partial charge is 0.280 e. The summed E-state index contributed by atoms with van der Waals surface area (Å²) in [4.78, 5) is 14.8. The van der Waals surface area contributed by atoms with Crippen molar-refractivity contribution in [1.82, 2.24) is 19.3 Å². The minimum Gasteiger partial charge on any atom is -0.329 e. The van der Waals surface area contributed by atoms with Crippen LogP contribution in [-0.4, -0.2) is 19.3 Å². The van der Waals surface area contributed by atoms with Crippen LogP contribution in [-0.2, 0) is 13.6 Å². The van der Waals surface area contributed by atoms with Gasteiger partial charge in [0.25, 0.3) is 5.56 Å². The van der Waals surface area contributed by atoms with E-state index >= 15 is 0 Å². The van der Waals surface area contributed by atoms with Crippen molar-refractivity contribution < 1.29 is 0 Å². The molecule has 1 N–H and O–H groups in total. The zero-order valence-corrected chi connectivity index (χ0v) is 8.76. The monoisotopic (exact) mass is 210 g/mol. The summed E-state index contributed by atoms with van der Waals surface area (Å²) in [6.45, 7) is 2.45. The molecule has 0 bridgehead atoms. The van der Waals surface area contributed by atoms with Crippen molar-refractivity contribution in [3.63, 3.8) is 0 Å². The second kappa shape index (κ2) is 3.06. The predicted molar refractivity (Wildman–Crippen MR) is 55.8 cm³/mol. The van der Waals surface area contributed by atoms with Gasteiger partial charge in [-0.2, -0.15) is 5.10 Å². The third-order valence-electron chi connectivity index (χ3n) is 2.19. The molecule has 74 valence electrons. The molecular formula is C8H10N4OS. The van der Waals surface area contributed by atoms with Crippen LogP contribution >= 0.6 is 12.2 Å². The standard InChI is InChI=1S/C8H10N4OS/c1-3-12-7(13)6-5(10-8(12)14)4-9-11(6)2/h4H,3H2,1-2H3,(H,10,14). The number of nitrogens with one attached hydrogen (secondary N) is 1. The predicted octanol–water partition coefficient (Wildman–Crippen LogP) is 0.812. The summed E-state index contributed by atoms with van der Waals surface area (Å²) in [5, 5.41) is 4.00. The van der Waals surface area contributed by atoms with Crippen LogP contribution in [0, 0.1) is 4.77 Å². The highest BCUT2D eigenvalue weighted by Crippen LogP contribution is 2.03. The van der Waals surface area contributed by atoms with Crippen LogP contribution in [0.3, 0.4) is 0 Å². The highest BCUT2D eigenvalue weighted by Gasteiger charge is 2.07. The first-order chi connectivity index (χ1) is 6.65. The summed E-state index contributed by atoms with van der Waals surface area (Å²) >= 11 is 5.05. The van der Waals surface area contributed by atoms with Gasteiger partial charge in [-0.3, -0.25) is 14.0 Å². The Balaban J connectivity index is 3.05. The van der Waals surface area contributed by atoms with Gasteiger partial charge >= 0.3 is 0 Å². The Morgan fingerprint density at radius 2 is 2.36 bits per heavy atom. The van der Waals surface area contributed by atoms with Gasteiger partial charge in [-0.25, -0.2) is 0 Å². The molecule has 0 amide bonds. The number of aromatic amines is 1. The molecule has 0 fully saturated rings. The average molecular weight is 210 g/mol. The van der Waals surface area contributed by atoms with E-state index in [1.807, 2.05) is 6.92 Å². The first-order valence-corrected chi connectivity index (χ1v) is 4.70. The fraction of sp³-hybridized carbons (Fsp3) is 0.375. The zero-order chi connectivity index (χ0) is 10.3. The average Bonchev–Trinajstić information content (AvgIpc) is 2.48. The maximum atomic E-state index is 11.9. The molecule has 0 aliphatic rings. The second-order valence-electron chi connectivity index (χ2n) is 3.01. The fourth-order valence-corrected chi connectivity index (χ4v) is 1.79. The summed E-state index contributed by atoms with van der Waals surface area (Å²) in [6.07, 6.45) is 1.60. The zero-order valence-electron chi connectivity index (χ0n) is 7.94. The molecule has 2 aromatic heterocycles. The molecule has 0 saturated carbocycles. The normalized spacial score (nSPS) is 11.0. The van der Waals surface area contributed by atoms with Crippen LogP contribution in [0.1, 0.15) is 6.92 Å². The van der Waals surface area contributed by atoms with E-state index in [-0.39, 0.29) is 5.56 Å². The van der Waals surface area contributed by atoms with Crippen molar-refractivity contribution in [2.24, 2.45) is 7.05 Å². The van der Waals surface area contributed by atoms with E-state index in [2.05, 4.69) is 10.1 Å². The van der Waals surface area contributed by atoms with Crippen molar-refractivity contribution in [2.45, 2.75) is 13.5 Å². The first kappa shape index (κ1) is 9.14. The van der Waals surface area contributed by atoms with Gasteiger partial charge in [-0.1, -0.05) is 0 Å². The first-order valence-electron chi connectivity index (χ1n) is 4.30. The molecule has 0 unspecified atom stereocenters. The van der Waals surface area contributed by atoms with Gasteiger partial charge in [0.05, 0.1) is 11.7 Å². The Kier molecular flexibility index (Phi) is 1.99. The lowest BCUT2D eigenvalue weighted by atomic mass is 10.4. The van der Waals surface area contributed by atoms with Crippen LogP contribution in [0.2, 0.25) is 0 Å². The van der Waals surface area contributed by atoms with E-state index in [0.717, 1.165) is 0 Å². The third-order valence-corrected chi connectivity index (χ3v) is 2.51. The lowest BCUT2D eigenvalue weighted by molar-refractivity contribution is 0.694. The molecular weight excluding hydrogens is 200 g/mol. The number of H-pyrrole nitrogens is 1. The summed E-state index contributed by atoms with van der Waals surface area (Å²) in [7, 11) is 1.74. The number of aryl methyl sites for hydroxylation is 1. The number of nitrogens with zero attached hydrogens (tertiary/aromatic N) is 3. The Labute approximate surface area is 85.0 Å². The van der Waals surface area contributed by atoms with Crippen molar-refractivity contribution in [2.75, 3.05) is 0 Å². The van der Waals surface area contributed by atoms with Crippen LogP contribution in [0.4, 0.5) is 0 Å². The van der Waals surface area contributed by atoms with Gasteiger partial charge in [-0.05, 0) is 19.1 Å². The number of fused-ring (bicyclic) bond motifs is 1. The van der Waals surface area contributed by atoms with Crippen LogP contribution in [0.5, 0.6) is 0 Å². The van der Waals surface area contributed by atoms with Crippen LogP contribution < -0.4 is 5.56 Å². The van der Waals surface area contributed by atoms with Crippen molar-refractivity contribution in [3.05, 3.63) is 21.3 Å². The van der Waals surface area contributed by atoms with Crippen LogP contribution in [0.15, 0.2) is 11.0 Å². The molecule has 0 aliphatic carbocycles. The lowest BCUT2D eigenvalue weighted by Crippen LogP contribution is -2.22. The molecule has 0 spiro atoms. The Bertz CT molecular complexity index is 591. The highest BCUT2D eigenvalue weighted by molar-refractivity contribution is 7.71. The van der Waals surface area contributed by atoms with E-state index in [1.54, 1.807) is 17.9 Å². The number of aromatic nitrogens is 4. The van der Waals surface area contributed by atoms with E-state index in [4.69, 9.17) is 12.2 Å². The maximum absolute atomic E-state index is 11.9. The van der Waals surface area contributed by atoms with E-state index in [1.165, 1.54) is 4.57 Å². The highest BCUT2D eigenvalue weighted by atomic mass is 32.1. The molecule has 0 aromatic carbocycles. The molecule has 0 atom stereocenters. The minimum absolute atomic E-state index is 0.0914. The summed E-state index contributed by atoms with van der Waals surface area (Å²) < 4.78 is 3.51. The SMILES string of the molecule is CCn1c(=S)[nH]c2cnn(C)c2c1=O. The molecule has 2 aromatic rings. The Hall–Kier alpha value is -1.43. The topological polar surface area (TPSA) is 55.6 Å². The third kappa shape index (κ3) is 1.11. The molecule has 2 rings (SSSR count). The summed E-state index contributed by atoms with van der Waals surface area (Å²) in [5.74, 6) is 0. The van der Waals surface area contributed by atoms with Gasteiger partial charge in [0, 0.05) is 13.6 Å². The van der Waals surface area contributed by atoms with Crippen molar-refractivity contribution in [1.29, 1.82) is 0 Å².